The van der Waals surface area contributed by atoms with Crippen molar-refractivity contribution in [3.05, 3.63) is 59.1 Å². The van der Waals surface area contributed by atoms with Crippen LogP contribution in [0.5, 0.6) is 11.5 Å². The van der Waals surface area contributed by atoms with Gasteiger partial charge in [-0.15, -0.1) is 0 Å². The van der Waals surface area contributed by atoms with Crippen molar-refractivity contribution in [2.24, 2.45) is 0 Å². The highest BCUT2D eigenvalue weighted by atomic mass is 35.5. The molecule has 27 heavy (non-hydrogen) atoms. The predicted octanol–water partition coefficient (Wildman–Crippen LogP) is 3.05. The summed E-state index contributed by atoms with van der Waals surface area (Å²) in [5.74, 6) is 0.845. The fraction of sp³-hybridized carbons (Fsp3) is 0.300. The molecule has 0 aliphatic rings. The Morgan fingerprint density at radius 3 is 2.52 bits per heavy atom. The molecule has 0 spiro atoms. The minimum Gasteiger partial charge on any atom is -0.496 e. The van der Waals surface area contributed by atoms with Gasteiger partial charge in [-0.3, -0.25) is 9.59 Å². The number of halogens is 1. The van der Waals surface area contributed by atoms with E-state index >= 15 is 0 Å². The molecule has 0 saturated heterocycles. The van der Waals surface area contributed by atoms with Gasteiger partial charge in [0, 0.05) is 24.5 Å². The van der Waals surface area contributed by atoms with Crippen LogP contribution < -0.4 is 20.1 Å². The van der Waals surface area contributed by atoms with Crippen LogP contribution in [-0.4, -0.2) is 38.6 Å². The lowest BCUT2D eigenvalue weighted by molar-refractivity contribution is -0.121. The summed E-state index contributed by atoms with van der Waals surface area (Å²) in [6.45, 7) is 1.12. The monoisotopic (exact) mass is 390 g/mol. The van der Waals surface area contributed by atoms with E-state index in [0.717, 1.165) is 5.75 Å². The van der Waals surface area contributed by atoms with Crippen molar-refractivity contribution in [2.45, 2.75) is 12.8 Å². The SMILES string of the molecule is COc1ccc(Cl)cc1C(=O)NCCNC(=O)CCCOc1ccccc1. The van der Waals surface area contributed by atoms with E-state index in [1.165, 1.54) is 7.11 Å². The Morgan fingerprint density at radius 2 is 1.78 bits per heavy atom. The number of hydrogen-bond donors (Lipinski definition) is 2. The first-order chi connectivity index (χ1) is 13.1. The molecular formula is C20H23ClN2O4. The molecule has 0 unspecified atom stereocenters. The van der Waals surface area contributed by atoms with Crippen molar-refractivity contribution in [3.8, 4) is 11.5 Å². The van der Waals surface area contributed by atoms with Crippen LogP contribution in [0.15, 0.2) is 48.5 Å². The molecule has 0 fully saturated rings. The summed E-state index contributed by atoms with van der Waals surface area (Å²) in [4.78, 5) is 24.0. The molecule has 0 aromatic heterocycles. The number of carbonyl (C=O) groups is 2. The van der Waals surface area contributed by atoms with Gasteiger partial charge >= 0.3 is 0 Å². The van der Waals surface area contributed by atoms with E-state index in [9.17, 15) is 9.59 Å². The third kappa shape index (κ3) is 7.19. The van der Waals surface area contributed by atoms with Gasteiger partial charge in [0.25, 0.3) is 5.91 Å². The largest absolute Gasteiger partial charge is 0.496 e. The zero-order chi connectivity index (χ0) is 19.5. The van der Waals surface area contributed by atoms with Crippen molar-refractivity contribution < 1.29 is 19.1 Å². The molecule has 0 heterocycles. The Hall–Kier alpha value is -2.73. The first-order valence-corrected chi connectivity index (χ1v) is 9.04. The third-order valence-corrected chi connectivity index (χ3v) is 3.93. The Bertz CT molecular complexity index is 753. The topological polar surface area (TPSA) is 76.7 Å². The molecule has 0 radical (unpaired) electrons. The highest BCUT2D eigenvalue weighted by Crippen LogP contribution is 2.22. The third-order valence-electron chi connectivity index (χ3n) is 3.70. The number of hydrogen-bond acceptors (Lipinski definition) is 4. The molecule has 2 amide bonds. The number of ether oxygens (including phenoxy) is 2. The Kier molecular flexibility index (Phi) is 8.45. The normalized spacial score (nSPS) is 10.1. The molecule has 2 aromatic carbocycles. The average molecular weight is 391 g/mol. The van der Waals surface area contributed by atoms with Crippen LogP contribution in [-0.2, 0) is 4.79 Å². The van der Waals surface area contributed by atoms with Gasteiger partial charge in [-0.1, -0.05) is 29.8 Å². The maximum atomic E-state index is 12.2. The molecular weight excluding hydrogens is 368 g/mol. The van der Waals surface area contributed by atoms with E-state index in [-0.39, 0.29) is 11.8 Å². The van der Waals surface area contributed by atoms with E-state index in [2.05, 4.69) is 10.6 Å². The maximum Gasteiger partial charge on any atom is 0.255 e. The lowest BCUT2D eigenvalue weighted by Gasteiger charge is -2.10. The Morgan fingerprint density at radius 1 is 1.04 bits per heavy atom. The van der Waals surface area contributed by atoms with Gasteiger partial charge < -0.3 is 20.1 Å². The van der Waals surface area contributed by atoms with Crippen LogP contribution in [0.3, 0.4) is 0 Å². The van der Waals surface area contributed by atoms with Crippen molar-refractivity contribution in [3.63, 3.8) is 0 Å². The van der Waals surface area contributed by atoms with Gasteiger partial charge in [0.15, 0.2) is 0 Å². The van der Waals surface area contributed by atoms with Crippen LogP contribution in [0, 0.1) is 0 Å². The smallest absolute Gasteiger partial charge is 0.255 e. The number of nitrogens with one attached hydrogen (secondary N) is 2. The maximum absolute atomic E-state index is 12.2. The molecule has 144 valence electrons. The number of para-hydroxylation sites is 1. The molecule has 0 bridgehead atoms. The summed E-state index contributed by atoms with van der Waals surface area (Å²) in [5.41, 5.74) is 0.356. The standard InChI is InChI=1S/C20H23ClN2O4/c1-26-18-10-9-15(21)14-17(18)20(25)23-12-11-22-19(24)8-5-13-27-16-6-3-2-4-7-16/h2-4,6-7,9-10,14H,5,8,11-13H2,1H3,(H,22,24)(H,23,25). The predicted molar refractivity (Wildman–Crippen MR) is 105 cm³/mol. The molecule has 6 nitrogen and oxygen atoms in total. The van der Waals surface area contributed by atoms with E-state index in [4.69, 9.17) is 21.1 Å². The fourth-order valence-corrected chi connectivity index (χ4v) is 2.53. The van der Waals surface area contributed by atoms with Gasteiger partial charge in [0.05, 0.1) is 19.3 Å². The second kappa shape index (κ2) is 11.1. The van der Waals surface area contributed by atoms with Gasteiger partial charge in [-0.25, -0.2) is 0 Å². The highest BCUT2D eigenvalue weighted by Gasteiger charge is 2.12. The lowest BCUT2D eigenvalue weighted by Crippen LogP contribution is -2.34. The molecule has 0 saturated carbocycles. The van der Waals surface area contributed by atoms with E-state index in [1.54, 1.807) is 18.2 Å². The molecule has 2 N–H and O–H groups in total. The number of rotatable bonds is 10. The Labute approximate surface area is 163 Å². The van der Waals surface area contributed by atoms with E-state index in [1.807, 2.05) is 30.3 Å². The van der Waals surface area contributed by atoms with E-state index < -0.39 is 0 Å². The molecule has 2 aromatic rings. The summed E-state index contributed by atoms with van der Waals surface area (Å²) in [7, 11) is 1.49. The van der Waals surface area contributed by atoms with Crippen LogP contribution in [0.25, 0.3) is 0 Å². The van der Waals surface area contributed by atoms with Crippen LogP contribution in [0.1, 0.15) is 23.2 Å². The number of methoxy groups -OCH3 is 1. The highest BCUT2D eigenvalue weighted by molar-refractivity contribution is 6.31. The van der Waals surface area contributed by atoms with Crippen molar-refractivity contribution in [1.82, 2.24) is 10.6 Å². The van der Waals surface area contributed by atoms with Gasteiger partial charge in [-0.2, -0.15) is 0 Å². The van der Waals surface area contributed by atoms with Crippen LogP contribution in [0.4, 0.5) is 0 Å². The first kappa shape index (κ1) is 20.6. The van der Waals surface area contributed by atoms with Gasteiger partial charge in [0.1, 0.15) is 11.5 Å². The van der Waals surface area contributed by atoms with E-state index in [0.29, 0.717) is 48.9 Å². The summed E-state index contributed by atoms with van der Waals surface area (Å²) >= 11 is 5.92. The molecule has 0 aliphatic carbocycles. The fourth-order valence-electron chi connectivity index (χ4n) is 2.36. The molecule has 0 aliphatic heterocycles. The van der Waals surface area contributed by atoms with Gasteiger partial charge in [0.2, 0.25) is 5.91 Å². The van der Waals surface area contributed by atoms with Gasteiger partial charge in [-0.05, 0) is 36.8 Å². The molecule has 7 heteroatoms. The number of carbonyl (C=O) groups excluding carboxylic acids is 2. The average Bonchev–Trinajstić information content (AvgIpc) is 2.69. The lowest BCUT2D eigenvalue weighted by atomic mass is 10.2. The van der Waals surface area contributed by atoms with Crippen molar-refractivity contribution in [1.29, 1.82) is 0 Å². The van der Waals surface area contributed by atoms with Crippen LogP contribution >= 0.6 is 11.6 Å². The Balaban J connectivity index is 1.61. The molecule has 2 rings (SSSR count). The zero-order valence-corrected chi connectivity index (χ0v) is 15.9. The minimum atomic E-state index is -0.306. The summed E-state index contributed by atoms with van der Waals surface area (Å²) < 4.78 is 10.7. The van der Waals surface area contributed by atoms with Crippen LogP contribution in [0.2, 0.25) is 5.02 Å². The van der Waals surface area contributed by atoms with Crippen molar-refractivity contribution in [2.75, 3.05) is 26.8 Å². The number of benzene rings is 2. The second-order valence-corrected chi connectivity index (χ2v) is 6.15. The quantitative estimate of drug-likeness (QED) is 0.611. The number of amides is 2. The first-order valence-electron chi connectivity index (χ1n) is 8.66. The molecule has 0 atom stereocenters. The zero-order valence-electron chi connectivity index (χ0n) is 15.2. The summed E-state index contributed by atoms with van der Waals surface area (Å²) in [5, 5.41) is 5.94. The summed E-state index contributed by atoms with van der Waals surface area (Å²) in [6, 6.07) is 14.3. The summed E-state index contributed by atoms with van der Waals surface area (Å²) in [6.07, 6.45) is 0.982. The van der Waals surface area contributed by atoms with Crippen molar-refractivity contribution >= 4 is 23.4 Å². The second-order valence-electron chi connectivity index (χ2n) is 5.72. The minimum absolute atomic E-state index is 0.0822.